The van der Waals surface area contributed by atoms with Crippen LogP contribution in [0, 0.1) is 0 Å². The molecule has 0 saturated heterocycles. The maximum Gasteiger partial charge on any atom is 0.329 e. The van der Waals surface area contributed by atoms with Gasteiger partial charge in [0.1, 0.15) is 0 Å². The molecule has 13 heavy (non-hydrogen) atoms. The minimum absolute atomic E-state index is 0.276. The van der Waals surface area contributed by atoms with Gasteiger partial charge in [0.2, 0.25) is 5.91 Å². The summed E-state index contributed by atoms with van der Waals surface area (Å²) in [6.07, 6.45) is 1.78. The summed E-state index contributed by atoms with van der Waals surface area (Å²) in [7, 11) is 0. The zero-order valence-electron chi connectivity index (χ0n) is 7.86. The van der Waals surface area contributed by atoms with Crippen LogP contribution in [-0.2, 0) is 9.59 Å². The summed E-state index contributed by atoms with van der Waals surface area (Å²) in [5, 5.41) is 18.0. The monoisotopic (exact) mass is 189 g/mol. The van der Waals surface area contributed by atoms with Gasteiger partial charge in [0.05, 0.1) is 0 Å². The van der Waals surface area contributed by atoms with Crippen molar-refractivity contribution < 1.29 is 19.9 Å². The van der Waals surface area contributed by atoms with Gasteiger partial charge in [-0.05, 0) is 6.42 Å². The van der Waals surface area contributed by atoms with Crippen molar-refractivity contribution in [3.05, 3.63) is 0 Å². The highest BCUT2D eigenvalue weighted by Crippen LogP contribution is 2.07. The summed E-state index contributed by atoms with van der Waals surface area (Å²) in [5.41, 5.74) is 0. The standard InChI is InChI=1S/C8H15NO4/c1-3-4-5-7(8(11)12)9(13)6(2)10/h7,13H,3-5H2,1-2H3,(H,11,12)/t7-/m0/s1. The second-order valence-corrected chi connectivity index (χ2v) is 2.86. The zero-order chi connectivity index (χ0) is 10.4. The Bertz CT molecular complexity index is 193. The highest BCUT2D eigenvalue weighted by Gasteiger charge is 2.25. The molecule has 0 fully saturated rings. The fraction of sp³-hybridized carbons (Fsp3) is 0.750. The van der Waals surface area contributed by atoms with Crippen LogP contribution in [0.3, 0.4) is 0 Å². The molecule has 76 valence electrons. The summed E-state index contributed by atoms with van der Waals surface area (Å²) < 4.78 is 0. The molecule has 0 aromatic rings. The molecule has 1 amide bonds. The van der Waals surface area contributed by atoms with Crippen molar-refractivity contribution in [2.45, 2.75) is 39.2 Å². The highest BCUT2D eigenvalue weighted by atomic mass is 16.5. The van der Waals surface area contributed by atoms with E-state index in [1.54, 1.807) is 0 Å². The number of unbranched alkanes of at least 4 members (excludes halogenated alkanes) is 1. The number of hydrogen-bond donors (Lipinski definition) is 2. The third-order valence-corrected chi connectivity index (χ3v) is 1.73. The van der Waals surface area contributed by atoms with Gasteiger partial charge in [0, 0.05) is 6.92 Å². The van der Waals surface area contributed by atoms with Crippen molar-refractivity contribution in [3.63, 3.8) is 0 Å². The summed E-state index contributed by atoms with van der Waals surface area (Å²) in [6, 6.07) is -1.11. The molecule has 0 spiro atoms. The molecule has 0 aliphatic rings. The van der Waals surface area contributed by atoms with E-state index in [-0.39, 0.29) is 11.5 Å². The Labute approximate surface area is 76.9 Å². The third kappa shape index (κ3) is 3.89. The van der Waals surface area contributed by atoms with Gasteiger partial charge in [0.25, 0.3) is 0 Å². The van der Waals surface area contributed by atoms with Crippen molar-refractivity contribution in [3.8, 4) is 0 Å². The second-order valence-electron chi connectivity index (χ2n) is 2.86. The first-order valence-electron chi connectivity index (χ1n) is 4.22. The molecule has 2 N–H and O–H groups in total. The number of amides is 1. The lowest BCUT2D eigenvalue weighted by Gasteiger charge is -2.20. The van der Waals surface area contributed by atoms with Gasteiger partial charge in [-0.25, -0.2) is 9.86 Å². The quantitative estimate of drug-likeness (QED) is 0.497. The third-order valence-electron chi connectivity index (χ3n) is 1.73. The molecule has 0 saturated carbocycles. The molecule has 1 atom stereocenters. The van der Waals surface area contributed by atoms with Crippen LogP contribution in [0.5, 0.6) is 0 Å². The molecule has 5 heteroatoms. The van der Waals surface area contributed by atoms with Crippen molar-refractivity contribution >= 4 is 11.9 Å². The van der Waals surface area contributed by atoms with Crippen LogP contribution in [0.4, 0.5) is 0 Å². The summed E-state index contributed by atoms with van der Waals surface area (Å²) in [5.74, 6) is -1.82. The Morgan fingerprint density at radius 3 is 2.31 bits per heavy atom. The van der Waals surface area contributed by atoms with E-state index in [0.717, 1.165) is 13.3 Å². The van der Waals surface area contributed by atoms with Crippen LogP contribution >= 0.6 is 0 Å². The van der Waals surface area contributed by atoms with E-state index in [4.69, 9.17) is 10.3 Å². The number of carboxylic acids is 1. The molecule has 0 aliphatic heterocycles. The summed E-state index contributed by atoms with van der Waals surface area (Å²) >= 11 is 0. The Hall–Kier alpha value is -1.10. The Balaban J connectivity index is 4.24. The van der Waals surface area contributed by atoms with E-state index in [2.05, 4.69) is 0 Å². The van der Waals surface area contributed by atoms with E-state index in [1.807, 2.05) is 6.92 Å². The molecular weight excluding hydrogens is 174 g/mol. The number of carbonyl (C=O) groups is 2. The molecule has 0 aromatic carbocycles. The van der Waals surface area contributed by atoms with Crippen LogP contribution in [0.25, 0.3) is 0 Å². The van der Waals surface area contributed by atoms with E-state index >= 15 is 0 Å². The highest BCUT2D eigenvalue weighted by molar-refractivity contribution is 5.81. The molecule has 0 bridgehead atoms. The molecule has 0 rings (SSSR count). The van der Waals surface area contributed by atoms with Crippen molar-refractivity contribution in [2.75, 3.05) is 0 Å². The lowest BCUT2D eigenvalue weighted by molar-refractivity contribution is -0.184. The lowest BCUT2D eigenvalue weighted by Crippen LogP contribution is -2.41. The zero-order valence-corrected chi connectivity index (χ0v) is 7.86. The molecule has 0 radical (unpaired) electrons. The molecule has 5 nitrogen and oxygen atoms in total. The molecular formula is C8H15NO4. The number of hydrogen-bond acceptors (Lipinski definition) is 3. The fourth-order valence-corrected chi connectivity index (χ4v) is 0.967. The van der Waals surface area contributed by atoms with Crippen LogP contribution in [0.1, 0.15) is 33.1 Å². The number of rotatable bonds is 5. The van der Waals surface area contributed by atoms with Crippen LogP contribution < -0.4 is 0 Å². The first-order valence-corrected chi connectivity index (χ1v) is 4.22. The van der Waals surface area contributed by atoms with E-state index in [0.29, 0.717) is 6.42 Å². The molecule has 0 heterocycles. The lowest BCUT2D eigenvalue weighted by atomic mass is 10.1. The molecule has 0 unspecified atom stereocenters. The van der Waals surface area contributed by atoms with Crippen LogP contribution in [-0.4, -0.2) is 33.3 Å². The second kappa shape index (κ2) is 5.53. The van der Waals surface area contributed by atoms with Crippen molar-refractivity contribution in [1.29, 1.82) is 0 Å². The minimum atomic E-state index is -1.17. The summed E-state index contributed by atoms with van der Waals surface area (Å²) in [6.45, 7) is 3.04. The molecule has 0 aliphatic carbocycles. The van der Waals surface area contributed by atoms with Gasteiger partial charge in [-0.3, -0.25) is 10.0 Å². The van der Waals surface area contributed by atoms with Crippen LogP contribution in [0.15, 0.2) is 0 Å². The van der Waals surface area contributed by atoms with Gasteiger partial charge in [0.15, 0.2) is 6.04 Å². The van der Waals surface area contributed by atoms with Gasteiger partial charge in [-0.1, -0.05) is 19.8 Å². The van der Waals surface area contributed by atoms with E-state index in [1.165, 1.54) is 0 Å². The van der Waals surface area contributed by atoms with Gasteiger partial charge in [-0.2, -0.15) is 0 Å². The number of carboxylic acid groups (broad SMARTS) is 1. The fourth-order valence-electron chi connectivity index (χ4n) is 0.967. The average Bonchev–Trinajstić information content (AvgIpc) is 2.04. The number of hydroxylamine groups is 2. The Morgan fingerprint density at radius 1 is 1.46 bits per heavy atom. The number of aliphatic carboxylic acids is 1. The number of carbonyl (C=O) groups excluding carboxylic acids is 1. The number of nitrogens with zero attached hydrogens (tertiary/aromatic N) is 1. The van der Waals surface area contributed by atoms with E-state index < -0.39 is 17.9 Å². The van der Waals surface area contributed by atoms with Crippen molar-refractivity contribution in [2.24, 2.45) is 0 Å². The Morgan fingerprint density at radius 2 is 2.00 bits per heavy atom. The maximum absolute atomic E-state index is 10.7. The Kier molecular flexibility index (Phi) is 5.06. The van der Waals surface area contributed by atoms with Gasteiger partial charge >= 0.3 is 5.97 Å². The average molecular weight is 189 g/mol. The SMILES string of the molecule is CCCC[C@@H](C(=O)O)N(O)C(C)=O. The normalized spacial score (nSPS) is 12.2. The predicted molar refractivity (Wildman–Crippen MR) is 45.3 cm³/mol. The molecule has 0 aromatic heterocycles. The minimum Gasteiger partial charge on any atom is -0.480 e. The predicted octanol–water partition coefficient (Wildman–Crippen LogP) is 0.867. The van der Waals surface area contributed by atoms with Gasteiger partial charge < -0.3 is 5.11 Å². The smallest absolute Gasteiger partial charge is 0.329 e. The van der Waals surface area contributed by atoms with E-state index in [9.17, 15) is 9.59 Å². The van der Waals surface area contributed by atoms with Gasteiger partial charge in [-0.15, -0.1) is 0 Å². The van der Waals surface area contributed by atoms with Crippen LogP contribution in [0.2, 0.25) is 0 Å². The summed E-state index contributed by atoms with van der Waals surface area (Å²) in [4.78, 5) is 21.3. The topological polar surface area (TPSA) is 77.8 Å². The first-order chi connectivity index (χ1) is 6.00. The first kappa shape index (κ1) is 11.9. The largest absolute Gasteiger partial charge is 0.480 e. The maximum atomic E-state index is 10.7. The van der Waals surface area contributed by atoms with Crippen molar-refractivity contribution in [1.82, 2.24) is 5.06 Å².